The van der Waals surface area contributed by atoms with Crippen LogP contribution in [0, 0.1) is 6.92 Å². The van der Waals surface area contributed by atoms with Crippen LogP contribution < -0.4 is 27.1 Å². The van der Waals surface area contributed by atoms with Crippen molar-refractivity contribution in [1.29, 1.82) is 0 Å². The SMILES string of the molecule is Cc1cc(CC(=O)NCCON=C(N)N)c(NS(=O)(=O)c2cc(Cl)ccc2Cl)c(=O)[nH]1. The summed E-state index contributed by atoms with van der Waals surface area (Å²) in [6.07, 6.45) is -0.284. The molecule has 1 amide bonds. The van der Waals surface area contributed by atoms with Gasteiger partial charge in [0.1, 0.15) is 17.2 Å². The summed E-state index contributed by atoms with van der Waals surface area (Å²) in [6.45, 7) is 1.68. The van der Waals surface area contributed by atoms with Gasteiger partial charge in [0.25, 0.3) is 15.6 Å². The van der Waals surface area contributed by atoms with Gasteiger partial charge >= 0.3 is 0 Å². The van der Waals surface area contributed by atoms with Crippen molar-refractivity contribution in [2.45, 2.75) is 18.2 Å². The molecule has 0 spiro atoms. The first-order chi connectivity index (χ1) is 14.5. The van der Waals surface area contributed by atoms with Gasteiger partial charge in [0, 0.05) is 10.7 Å². The highest BCUT2D eigenvalue weighted by atomic mass is 35.5. The van der Waals surface area contributed by atoms with Gasteiger partial charge in [-0.1, -0.05) is 23.2 Å². The van der Waals surface area contributed by atoms with E-state index in [2.05, 4.69) is 20.2 Å². The highest BCUT2D eigenvalue weighted by Gasteiger charge is 2.23. The number of aromatic nitrogens is 1. The van der Waals surface area contributed by atoms with E-state index >= 15 is 0 Å². The maximum Gasteiger partial charge on any atom is 0.272 e. The standard InChI is InChI=1S/C17H20Cl2N6O5S/c1-9-6-10(7-14(26)22-4-5-30-24-17(20)21)15(16(27)23-9)25-31(28,29)13-8-11(18)2-3-12(13)19/h2-3,6,8,25H,4-5,7H2,1H3,(H,22,26)(H,23,27)(H4,20,21,24). The normalized spacial score (nSPS) is 10.9. The number of nitrogens with one attached hydrogen (secondary N) is 3. The van der Waals surface area contributed by atoms with Crippen LogP contribution in [0.5, 0.6) is 0 Å². The molecule has 0 aliphatic carbocycles. The summed E-state index contributed by atoms with van der Waals surface area (Å²) in [6, 6.07) is 5.37. The Balaban J connectivity index is 2.23. The van der Waals surface area contributed by atoms with Crippen LogP contribution in [-0.4, -0.2) is 38.4 Å². The van der Waals surface area contributed by atoms with E-state index in [0.717, 1.165) is 6.07 Å². The third kappa shape index (κ3) is 7.05. The second kappa shape index (κ2) is 10.4. The van der Waals surface area contributed by atoms with Crippen molar-refractivity contribution < 1.29 is 18.0 Å². The number of sulfonamides is 1. The van der Waals surface area contributed by atoms with Gasteiger partial charge in [0.15, 0.2) is 0 Å². The molecule has 31 heavy (non-hydrogen) atoms. The second-order valence-electron chi connectivity index (χ2n) is 6.24. The largest absolute Gasteiger partial charge is 0.391 e. The number of anilines is 1. The lowest BCUT2D eigenvalue weighted by atomic mass is 10.1. The number of carbonyl (C=O) groups excluding carboxylic acids is 1. The Morgan fingerprint density at radius 2 is 1.97 bits per heavy atom. The average molecular weight is 491 g/mol. The Hall–Kier alpha value is -2.96. The minimum absolute atomic E-state index is 0.00475. The Labute approximate surface area is 187 Å². The third-order valence-electron chi connectivity index (χ3n) is 3.71. The maximum atomic E-state index is 12.8. The minimum Gasteiger partial charge on any atom is -0.391 e. The highest BCUT2D eigenvalue weighted by molar-refractivity contribution is 7.92. The fraction of sp³-hybridized carbons (Fsp3) is 0.235. The third-order valence-corrected chi connectivity index (χ3v) is 5.77. The first kappa shape index (κ1) is 24.3. The summed E-state index contributed by atoms with van der Waals surface area (Å²) in [7, 11) is -4.27. The number of rotatable bonds is 9. The molecule has 7 N–H and O–H groups in total. The molecule has 0 atom stereocenters. The number of hydrogen-bond acceptors (Lipinski definition) is 6. The molecule has 0 aliphatic rings. The first-order valence-corrected chi connectivity index (χ1v) is 10.9. The van der Waals surface area contributed by atoms with Gasteiger partial charge in [0.05, 0.1) is 18.0 Å². The zero-order valence-corrected chi connectivity index (χ0v) is 18.6. The molecule has 11 nitrogen and oxygen atoms in total. The first-order valence-electron chi connectivity index (χ1n) is 8.68. The van der Waals surface area contributed by atoms with E-state index in [1.807, 2.05) is 0 Å². The number of guanidine groups is 1. The summed E-state index contributed by atoms with van der Waals surface area (Å²) < 4.78 is 27.8. The van der Waals surface area contributed by atoms with Crippen LogP contribution in [0.15, 0.2) is 39.1 Å². The molecule has 2 rings (SSSR count). The number of H-pyrrole nitrogens is 1. The zero-order valence-electron chi connectivity index (χ0n) is 16.2. The Kier molecular flexibility index (Phi) is 8.14. The molecular formula is C17H20Cl2N6O5S. The molecule has 1 heterocycles. The van der Waals surface area contributed by atoms with Crippen molar-refractivity contribution in [2.75, 3.05) is 17.9 Å². The summed E-state index contributed by atoms with van der Waals surface area (Å²) in [4.78, 5) is 31.6. The maximum absolute atomic E-state index is 12.8. The molecular weight excluding hydrogens is 471 g/mol. The number of oxime groups is 1. The van der Waals surface area contributed by atoms with Gasteiger partial charge in [-0.2, -0.15) is 0 Å². The van der Waals surface area contributed by atoms with E-state index in [9.17, 15) is 18.0 Å². The summed E-state index contributed by atoms with van der Waals surface area (Å²) in [5.74, 6) is -0.749. The summed E-state index contributed by atoms with van der Waals surface area (Å²) in [5, 5.41) is 5.90. The average Bonchev–Trinajstić information content (AvgIpc) is 2.66. The van der Waals surface area contributed by atoms with Gasteiger partial charge in [-0.15, -0.1) is 0 Å². The van der Waals surface area contributed by atoms with Gasteiger partial charge < -0.3 is 26.6 Å². The topological polar surface area (TPSA) is 182 Å². The van der Waals surface area contributed by atoms with E-state index in [4.69, 9.17) is 39.5 Å². The van der Waals surface area contributed by atoms with Crippen molar-refractivity contribution >= 4 is 50.8 Å². The number of benzene rings is 1. The van der Waals surface area contributed by atoms with Crippen LogP contribution in [0.25, 0.3) is 0 Å². The number of amides is 1. The lowest BCUT2D eigenvalue weighted by Crippen LogP contribution is -2.30. The van der Waals surface area contributed by atoms with Crippen LogP contribution >= 0.6 is 23.2 Å². The fourth-order valence-corrected chi connectivity index (χ4v) is 4.34. The zero-order chi connectivity index (χ0) is 23.2. The highest BCUT2D eigenvalue weighted by Crippen LogP contribution is 2.27. The number of halogens is 2. The molecule has 0 saturated heterocycles. The lowest BCUT2D eigenvalue weighted by molar-refractivity contribution is -0.120. The molecule has 0 saturated carbocycles. The Bertz CT molecular complexity index is 1160. The van der Waals surface area contributed by atoms with E-state index in [1.54, 1.807) is 6.92 Å². The number of aromatic amines is 1. The molecule has 1 aromatic carbocycles. The number of pyridine rings is 1. The number of hydrogen-bond donors (Lipinski definition) is 5. The van der Waals surface area contributed by atoms with Crippen molar-refractivity contribution in [1.82, 2.24) is 10.3 Å². The van der Waals surface area contributed by atoms with Gasteiger partial charge in [0.2, 0.25) is 11.9 Å². The van der Waals surface area contributed by atoms with Crippen LogP contribution in [0.1, 0.15) is 11.3 Å². The van der Waals surface area contributed by atoms with E-state index in [1.165, 1.54) is 18.2 Å². The number of nitrogens with two attached hydrogens (primary N) is 2. The van der Waals surface area contributed by atoms with Crippen molar-refractivity contribution in [3.05, 3.63) is 55.9 Å². The molecule has 0 fully saturated rings. The molecule has 2 aromatic rings. The number of nitrogens with zero attached hydrogens (tertiary/aromatic N) is 1. The van der Waals surface area contributed by atoms with Crippen molar-refractivity contribution in [3.63, 3.8) is 0 Å². The van der Waals surface area contributed by atoms with E-state index < -0.39 is 21.5 Å². The molecule has 0 bridgehead atoms. The monoisotopic (exact) mass is 490 g/mol. The van der Waals surface area contributed by atoms with Crippen LogP contribution in [-0.2, 0) is 26.1 Å². The molecule has 0 unspecified atom stereocenters. The second-order valence-corrected chi connectivity index (χ2v) is 8.73. The molecule has 0 aliphatic heterocycles. The molecule has 0 radical (unpaired) electrons. The van der Waals surface area contributed by atoms with Crippen LogP contribution in [0.4, 0.5) is 5.69 Å². The van der Waals surface area contributed by atoms with Crippen molar-refractivity contribution in [3.8, 4) is 0 Å². The predicted octanol–water partition coefficient (Wildman–Crippen LogP) is 0.655. The molecule has 14 heteroatoms. The smallest absolute Gasteiger partial charge is 0.272 e. The molecule has 168 valence electrons. The molecule has 1 aromatic heterocycles. The van der Waals surface area contributed by atoms with Crippen molar-refractivity contribution in [2.24, 2.45) is 16.6 Å². The number of aryl methyl sites for hydroxylation is 1. The quantitative estimate of drug-likeness (QED) is 0.148. The summed E-state index contributed by atoms with van der Waals surface area (Å²) >= 11 is 11.8. The summed E-state index contributed by atoms with van der Waals surface area (Å²) in [5.41, 5.74) is 9.77. The lowest BCUT2D eigenvalue weighted by Gasteiger charge is -2.14. The van der Waals surface area contributed by atoms with Crippen LogP contribution in [0.2, 0.25) is 10.0 Å². The van der Waals surface area contributed by atoms with E-state index in [0.29, 0.717) is 5.69 Å². The number of carbonyl (C=O) groups is 1. The van der Waals surface area contributed by atoms with Crippen LogP contribution in [0.3, 0.4) is 0 Å². The van der Waals surface area contributed by atoms with E-state index in [-0.39, 0.29) is 51.7 Å². The minimum atomic E-state index is -4.27. The van der Waals surface area contributed by atoms with Gasteiger partial charge in [-0.3, -0.25) is 14.3 Å². The Morgan fingerprint density at radius 1 is 1.26 bits per heavy atom. The van der Waals surface area contributed by atoms with Gasteiger partial charge in [-0.25, -0.2) is 8.42 Å². The van der Waals surface area contributed by atoms with Gasteiger partial charge in [-0.05, 0) is 41.9 Å². The Morgan fingerprint density at radius 3 is 2.65 bits per heavy atom. The predicted molar refractivity (Wildman–Crippen MR) is 118 cm³/mol. The fourth-order valence-electron chi connectivity index (χ4n) is 2.47.